The van der Waals surface area contributed by atoms with Crippen LogP contribution in [0, 0.1) is 5.92 Å². The number of benzene rings is 1. The molecule has 2 heterocycles. The molecule has 2 aromatic rings. The minimum Gasteiger partial charge on any atom is -0.481 e. The van der Waals surface area contributed by atoms with E-state index in [1.807, 2.05) is 19.1 Å². The Morgan fingerprint density at radius 3 is 2.59 bits per heavy atom. The highest BCUT2D eigenvalue weighted by Gasteiger charge is 2.38. The standard InChI is InChI=1S/C23H30N8O6/c1-3-13(2)21(26-18(32)8-9-20(34)35)23(37)25-12-19(33)31-15-7-5-4-6-14(15)10-16(31)22(36)24-11-17-27-29-30-28-17/h4-7,13,16,21H,3,8-12H2,1-2H3,(H,24,36)(H,25,37)(H,26,32)(H,34,35)(H,27,28,29,30)/t13-,16-,21?/m0/s1. The molecular weight excluding hydrogens is 484 g/mol. The Hall–Kier alpha value is -4.36. The molecule has 0 spiro atoms. The lowest BCUT2D eigenvalue weighted by atomic mass is 9.98. The van der Waals surface area contributed by atoms with Gasteiger partial charge in [0.05, 0.1) is 19.5 Å². The number of hydrogen-bond acceptors (Lipinski definition) is 8. The number of aromatic nitrogens is 4. The van der Waals surface area contributed by atoms with Gasteiger partial charge in [-0.3, -0.25) is 28.9 Å². The minimum atomic E-state index is -1.12. The Bertz CT molecular complexity index is 1140. The highest BCUT2D eigenvalue weighted by Crippen LogP contribution is 2.32. The van der Waals surface area contributed by atoms with E-state index in [0.29, 0.717) is 18.5 Å². The van der Waals surface area contributed by atoms with E-state index in [9.17, 15) is 24.0 Å². The number of anilines is 1. The van der Waals surface area contributed by atoms with Crippen LogP contribution in [-0.4, -0.2) is 74.0 Å². The Kier molecular flexibility index (Phi) is 9.24. The molecule has 37 heavy (non-hydrogen) atoms. The number of nitrogens with zero attached hydrogens (tertiary/aromatic N) is 4. The van der Waals surface area contributed by atoms with Crippen LogP contribution in [-0.2, 0) is 36.9 Å². The third-order valence-electron chi connectivity index (χ3n) is 6.15. The molecule has 3 atom stereocenters. The molecule has 3 rings (SSSR count). The van der Waals surface area contributed by atoms with E-state index in [1.54, 1.807) is 19.1 Å². The number of amides is 4. The van der Waals surface area contributed by atoms with Crippen LogP contribution in [0.4, 0.5) is 5.69 Å². The van der Waals surface area contributed by atoms with Gasteiger partial charge in [-0.15, -0.1) is 10.2 Å². The van der Waals surface area contributed by atoms with Crippen LogP contribution < -0.4 is 20.9 Å². The first kappa shape index (κ1) is 27.2. The number of carbonyl (C=O) groups excluding carboxylic acids is 4. The quantitative estimate of drug-likeness (QED) is 0.243. The molecule has 5 N–H and O–H groups in total. The zero-order valence-corrected chi connectivity index (χ0v) is 20.6. The smallest absolute Gasteiger partial charge is 0.303 e. The van der Waals surface area contributed by atoms with Gasteiger partial charge in [0.1, 0.15) is 12.1 Å². The van der Waals surface area contributed by atoms with Crippen molar-refractivity contribution >= 4 is 35.3 Å². The molecule has 198 valence electrons. The maximum atomic E-state index is 13.3. The van der Waals surface area contributed by atoms with Gasteiger partial charge in [0.15, 0.2) is 5.82 Å². The van der Waals surface area contributed by atoms with Crippen molar-refractivity contribution in [3.63, 3.8) is 0 Å². The topological polar surface area (TPSA) is 199 Å². The Morgan fingerprint density at radius 2 is 1.92 bits per heavy atom. The van der Waals surface area contributed by atoms with E-state index < -0.39 is 48.2 Å². The summed E-state index contributed by atoms with van der Waals surface area (Å²) in [6.07, 6.45) is 0.236. The molecule has 0 radical (unpaired) electrons. The largest absolute Gasteiger partial charge is 0.481 e. The lowest BCUT2D eigenvalue weighted by Crippen LogP contribution is -2.54. The van der Waals surface area contributed by atoms with Gasteiger partial charge < -0.3 is 21.1 Å². The van der Waals surface area contributed by atoms with E-state index in [0.717, 1.165) is 5.56 Å². The summed E-state index contributed by atoms with van der Waals surface area (Å²) in [4.78, 5) is 63.4. The van der Waals surface area contributed by atoms with Gasteiger partial charge >= 0.3 is 5.97 Å². The Labute approximate surface area is 212 Å². The third kappa shape index (κ3) is 7.08. The number of carbonyl (C=O) groups is 5. The van der Waals surface area contributed by atoms with Gasteiger partial charge in [0, 0.05) is 18.5 Å². The molecule has 0 saturated heterocycles. The van der Waals surface area contributed by atoms with Crippen molar-refractivity contribution in [2.45, 2.75) is 58.2 Å². The van der Waals surface area contributed by atoms with Crippen molar-refractivity contribution in [3.05, 3.63) is 35.7 Å². The number of carboxylic acids is 1. The molecule has 4 amide bonds. The molecular formula is C23H30N8O6. The summed E-state index contributed by atoms with van der Waals surface area (Å²) in [6.45, 7) is 3.24. The molecule has 0 bridgehead atoms. The van der Waals surface area contributed by atoms with E-state index in [4.69, 9.17) is 5.11 Å². The van der Waals surface area contributed by atoms with Gasteiger partial charge in [-0.05, 0) is 17.5 Å². The molecule has 14 heteroatoms. The van der Waals surface area contributed by atoms with Crippen LogP contribution in [0.25, 0.3) is 0 Å². The molecule has 0 fully saturated rings. The zero-order valence-electron chi connectivity index (χ0n) is 20.6. The lowest BCUT2D eigenvalue weighted by Gasteiger charge is -2.26. The highest BCUT2D eigenvalue weighted by molar-refractivity contribution is 6.05. The third-order valence-corrected chi connectivity index (χ3v) is 6.15. The van der Waals surface area contributed by atoms with E-state index >= 15 is 0 Å². The number of H-pyrrole nitrogens is 1. The SMILES string of the molecule is CC[C@H](C)C(NC(=O)CCC(=O)O)C(=O)NCC(=O)N1c2ccccc2C[C@H]1C(=O)NCc1nn[nH]n1. The van der Waals surface area contributed by atoms with Crippen molar-refractivity contribution < 1.29 is 29.1 Å². The molecule has 0 saturated carbocycles. The van der Waals surface area contributed by atoms with Gasteiger partial charge in [-0.2, -0.15) is 5.21 Å². The summed E-state index contributed by atoms with van der Waals surface area (Å²) in [7, 11) is 0. The lowest BCUT2D eigenvalue weighted by molar-refractivity contribution is -0.139. The Morgan fingerprint density at radius 1 is 1.16 bits per heavy atom. The molecule has 0 aliphatic carbocycles. The number of hydrogen-bond donors (Lipinski definition) is 5. The van der Waals surface area contributed by atoms with Gasteiger partial charge in [0.25, 0.3) is 0 Å². The summed E-state index contributed by atoms with van der Waals surface area (Å²) >= 11 is 0. The monoisotopic (exact) mass is 514 g/mol. The van der Waals surface area contributed by atoms with Crippen LogP contribution in [0.5, 0.6) is 0 Å². The van der Waals surface area contributed by atoms with Gasteiger partial charge in [-0.1, -0.05) is 43.7 Å². The molecule has 1 aliphatic heterocycles. The second-order valence-electron chi connectivity index (χ2n) is 8.70. The van der Waals surface area contributed by atoms with Crippen molar-refractivity contribution in [2.75, 3.05) is 11.4 Å². The molecule has 1 aromatic carbocycles. The highest BCUT2D eigenvalue weighted by atomic mass is 16.4. The van der Waals surface area contributed by atoms with Crippen LogP contribution in [0.3, 0.4) is 0 Å². The summed E-state index contributed by atoms with van der Waals surface area (Å²) in [5, 5.41) is 29.9. The fourth-order valence-corrected chi connectivity index (χ4v) is 3.97. The number of aromatic amines is 1. The number of carboxylic acid groups (broad SMARTS) is 1. The number of para-hydroxylation sites is 1. The minimum absolute atomic E-state index is 0.0269. The summed E-state index contributed by atoms with van der Waals surface area (Å²) in [5.74, 6) is -3.15. The predicted molar refractivity (Wildman–Crippen MR) is 129 cm³/mol. The second kappa shape index (κ2) is 12.6. The number of rotatable bonds is 12. The number of aliphatic carboxylic acids is 1. The summed E-state index contributed by atoms with van der Waals surface area (Å²) < 4.78 is 0. The zero-order chi connectivity index (χ0) is 26.9. The van der Waals surface area contributed by atoms with Crippen LogP contribution >= 0.6 is 0 Å². The number of fused-ring (bicyclic) bond motifs is 1. The van der Waals surface area contributed by atoms with E-state index in [-0.39, 0.29) is 31.1 Å². The van der Waals surface area contributed by atoms with Gasteiger partial charge in [-0.25, -0.2) is 0 Å². The first-order valence-corrected chi connectivity index (χ1v) is 11.9. The average Bonchev–Trinajstić information content (AvgIpc) is 3.55. The first-order valence-electron chi connectivity index (χ1n) is 11.9. The van der Waals surface area contributed by atoms with Gasteiger partial charge in [0.2, 0.25) is 23.6 Å². The normalized spacial score (nSPS) is 15.8. The number of nitrogens with one attached hydrogen (secondary N) is 4. The predicted octanol–water partition coefficient (Wildman–Crippen LogP) is -0.714. The average molecular weight is 515 g/mol. The number of tetrazole rings is 1. The second-order valence-corrected chi connectivity index (χ2v) is 8.70. The van der Waals surface area contributed by atoms with E-state index in [2.05, 4.69) is 36.6 Å². The van der Waals surface area contributed by atoms with Crippen LogP contribution in [0.2, 0.25) is 0 Å². The fourth-order valence-electron chi connectivity index (χ4n) is 3.97. The van der Waals surface area contributed by atoms with Crippen molar-refractivity contribution in [2.24, 2.45) is 5.92 Å². The first-order chi connectivity index (χ1) is 17.7. The molecule has 14 nitrogen and oxygen atoms in total. The molecule has 1 aromatic heterocycles. The Balaban J connectivity index is 1.67. The van der Waals surface area contributed by atoms with Crippen molar-refractivity contribution in [3.8, 4) is 0 Å². The summed E-state index contributed by atoms with van der Waals surface area (Å²) in [5.41, 5.74) is 1.38. The van der Waals surface area contributed by atoms with Crippen LogP contribution in [0.15, 0.2) is 24.3 Å². The molecule has 1 aliphatic rings. The van der Waals surface area contributed by atoms with Crippen molar-refractivity contribution in [1.82, 2.24) is 36.6 Å². The maximum Gasteiger partial charge on any atom is 0.303 e. The van der Waals surface area contributed by atoms with Crippen LogP contribution in [0.1, 0.15) is 44.5 Å². The summed E-state index contributed by atoms with van der Waals surface area (Å²) in [6, 6.07) is 5.34. The fraction of sp³-hybridized carbons (Fsp3) is 0.478. The molecule has 1 unspecified atom stereocenters. The van der Waals surface area contributed by atoms with Crippen molar-refractivity contribution in [1.29, 1.82) is 0 Å². The maximum absolute atomic E-state index is 13.3. The van der Waals surface area contributed by atoms with E-state index in [1.165, 1.54) is 4.90 Å².